The van der Waals surface area contributed by atoms with E-state index in [1.165, 1.54) is 18.2 Å². The fourth-order valence-corrected chi connectivity index (χ4v) is 3.69. The molecule has 0 bridgehead atoms. The van der Waals surface area contributed by atoms with Gasteiger partial charge in [0.05, 0.1) is 20.6 Å². The van der Waals surface area contributed by atoms with E-state index < -0.39 is 55.6 Å². The van der Waals surface area contributed by atoms with E-state index in [-0.39, 0.29) is 23.2 Å². The largest absolute Gasteiger partial charge is 0.488 e. The zero-order valence-corrected chi connectivity index (χ0v) is 19.9. The molecule has 11 heteroatoms. The molecule has 0 unspecified atom stereocenters. The summed E-state index contributed by atoms with van der Waals surface area (Å²) in [7, 11) is -3.94. The molecule has 1 aliphatic rings. The maximum atomic E-state index is 9.44. The fraction of sp³-hybridized carbons (Fsp3) is 0.231. The number of piperidine rings is 1. The number of rotatable bonds is 10. The van der Waals surface area contributed by atoms with Crippen LogP contribution in [0, 0.1) is 0 Å². The molecule has 9 nitrogen and oxygen atoms in total. The molecular weight excluding hydrogens is 473 g/mol. The Morgan fingerprint density at radius 3 is 2.27 bits per heavy atom. The third kappa shape index (κ3) is 8.01. The van der Waals surface area contributed by atoms with Gasteiger partial charge in [-0.3, -0.25) is 4.90 Å². The second kappa shape index (κ2) is 13.2. The van der Waals surface area contributed by atoms with E-state index in [1.807, 2.05) is 0 Å². The minimum atomic E-state index is -2.23. The highest BCUT2D eigenvalue weighted by molar-refractivity contribution is 6.59. The molecule has 1 fully saturated rings. The first-order chi connectivity index (χ1) is 20.5. The lowest BCUT2D eigenvalue weighted by Gasteiger charge is -2.26. The Hall–Kier alpha value is -3.47. The summed E-state index contributed by atoms with van der Waals surface area (Å²) < 4.78 is 48.7. The van der Waals surface area contributed by atoms with Gasteiger partial charge in [-0.05, 0) is 54.1 Å². The van der Waals surface area contributed by atoms with E-state index in [1.54, 1.807) is 24.3 Å². The predicted octanol–water partition coefficient (Wildman–Crippen LogP) is 0.858. The molecule has 0 amide bonds. The van der Waals surface area contributed by atoms with E-state index in [0.29, 0.717) is 12.1 Å². The van der Waals surface area contributed by atoms with Crippen LogP contribution in [0.2, 0.25) is 0 Å². The number of likely N-dealkylation sites (tertiary alicyclic amines) is 1. The predicted molar refractivity (Wildman–Crippen MR) is 145 cm³/mol. The van der Waals surface area contributed by atoms with Crippen LogP contribution in [-0.4, -0.2) is 64.7 Å². The molecule has 1 heterocycles. The van der Waals surface area contributed by atoms with E-state index in [2.05, 4.69) is 15.2 Å². The third-order valence-electron chi connectivity index (χ3n) is 5.60. The average Bonchev–Trinajstić information content (AvgIpc) is 2.99. The summed E-state index contributed by atoms with van der Waals surface area (Å²) in [6.45, 7) is 2.34. The zero-order chi connectivity index (χ0) is 31.3. The van der Waals surface area contributed by atoms with Gasteiger partial charge < -0.3 is 29.8 Å². The number of nitrogens with zero attached hydrogens (tertiary/aromatic N) is 3. The van der Waals surface area contributed by atoms with Crippen LogP contribution >= 0.6 is 0 Å². The van der Waals surface area contributed by atoms with E-state index in [4.69, 9.17) is 17.9 Å². The lowest BCUT2D eigenvalue weighted by molar-refractivity contribution is 0.216. The summed E-state index contributed by atoms with van der Waals surface area (Å²) in [5.74, 6) is 0.324. The van der Waals surface area contributed by atoms with E-state index in [0.717, 1.165) is 37.9 Å². The molecule has 1 aliphatic heterocycles. The van der Waals surface area contributed by atoms with Crippen molar-refractivity contribution in [2.24, 2.45) is 10.3 Å². The smallest absolute Gasteiger partial charge is 0.423 e. The SMILES string of the molecule is [2H]/C(=N\Oc1cc(O/[15N]=C(\[2H])c2c([2H])c([2H])c([11B](O)O)c([2H])c2[2H])ccc1CN1CCCCC1)c1cccc([11B](O)O)c1. The van der Waals surface area contributed by atoms with Crippen molar-refractivity contribution in [1.29, 1.82) is 0 Å². The molecule has 0 radical (unpaired) electrons. The summed E-state index contributed by atoms with van der Waals surface area (Å²) in [6, 6.07) is 7.95. The van der Waals surface area contributed by atoms with Crippen molar-refractivity contribution in [3.05, 3.63) is 83.3 Å². The van der Waals surface area contributed by atoms with Crippen LogP contribution in [0.4, 0.5) is 0 Å². The normalized spacial score (nSPS) is 17.1. The van der Waals surface area contributed by atoms with Gasteiger partial charge in [0.2, 0.25) is 0 Å². The molecule has 3 aromatic rings. The molecule has 0 aliphatic carbocycles. The van der Waals surface area contributed by atoms with Crippen molar-refractivity contribution in [3.8, 4) is 11.5 Å². The standard InChI is InChI=1S/C26H29B2N3O6/c32-27(33)23-10-7-20(8-11-23)17-29-36-25-12-9-22(19-31-13-2-1-3-14-31)26(16-25)37-30-18-21-5-4-6-24(15-21)28(34)35/h4-12,15-18,32-35H,1-3,13-14,19H2/b29-17+,30-18+/i7D,8D,10D,11D,17D,18D,27+0,28+0,29+1. The summed E-state index contributed by atoms with van der Waals surface area (Å²) >= 11 is 0. The Balaban J connectivity index is 1.63. The van der Waals surface area contributed by atoms with Crippen LogP contribution in [-0.2, 0) is 6.54 Å². The van der Waals surface area contributed by atoms with Crippen molar-refractivity contribution in [3.63, 3.8) is 0 Å². The van der Waals surface area contributed by atoms with Crippen LogP contribution in [0.25, 0.3) is 0 Å². The number of oxime groups is 2. The van der Waals surface area contributed by atoms with Crippen molar-refractivity contribution < 1.29 is 38.0 Å². The van der Waals surface area contributed by atoms with Crippen LogP contribution in [0.1, 0.15) is 44.2 Å². The third-order valence-corrected chi connectivity index (χ3v) is 5.60. The number of hydrogen-bond acceptors (Lipinski definition) is 9. The molecule has 190 valence electrons. The summed E-state index contributed by atoms with van der Waals surface area (Å²) in [5.41, 5.74) is 0.104. The maximum Gasteiger partial charge on any atom is 0.488 e. The highest BCUT2D eigenvalue weighted by Gasteiger charge is 2.15. The van der Waals surface area contributed by atoms with Gasteiger partial charge in [-0.15, -0.1) is 0 Å². The highest BCUT2D eigenvalue weighted by atomic mass is 16.8. The fourth-order valence-electron chi connectivity index (χ4n) is 3.69. The molecule has 0 spiro atoms. The Bertz CT molecular complexity index is 1510. The molecule has 4 N–H and O–H groups in total. The molecular formula is C26H29B2N3O6. The first-order valence-electron chi connectivity index (χ1n) is 14.7. The summed E-state index contributed by atoms with van der Waals surface area (Å²) in [5, 5.41) is 45.3. The topological polar surface area (TPSA) is 127 Å². The second-order valence-electron chi connectivity index (χ2n) is 8.36. The van der Waals surface area contributed by atoms with Crippen molar-refractivity contribution >= 4 is 37.5 Å². The van der Waals surface area contributed by atoms with E-state index in [9.17, 15) is 20.1 Å². The highest BCUT2D eigenvalue weighted by Crippen LogP contribution is 2.27. The Kier molecular flexibility index (Phi) is 6.99. The molecule has 37 heavy (non-hydrogen) atoms. The Labute approximate surface area is 225 Å². The Morgan fingerprint density at radius 1 is 0.838 bits per heavy atom. The molecule has 0 saturated carbocycles. The van der Waals surface area contributed by atoms with Gasteiger partial charge in [0.15, 0.2) is 11.5 Å². The van der Waals surface area contributed by atoms with Crippen LogP contribution in [0.5, 0.6) is 11.5 Å². The molecule has 0 aromatic heterocycles. The summed E-state index contributed by atoms with van der Waals surface area (Å²) in [6.07, 6.45) is 2.28. The number of benzene rings is 3. The van der Waals surface area contributed by atoms with E-state index >= 15 is 0 Å². The van der Waals surface area contributed by atoms with Gasteiger partial charge in [-0.25, -0.2) is 0 Å². The van der Waals surface area contributed by atoms with Crippen LogP contribution < -0.4 is 20.6 Å². The maximum absolute atomic E-state index is 9.44. The quantitative estimate of drug-likeness (QED) is 0.138. The van der Waals surface area contributed by atoms with Crippen molar-refractivity contribution in [2.45, 2.75) is 25.8 Å². The second-order valence-corrected chi connectivity index (χ2v) is 8.36. The van der Waals surface area contributed by atoms with Gasteiger partial charge >= 0.3 is 14.2 Å². The lowest BCUT2D eigenvalue weighted by atomic mass is 9.89. The zero-order valence-electron chi connectivity index (χ0n) is 25.9. The lowest BCUT2D eigenvalue weighted by Crippen LogP contribution is -2.29. The monoisotopic (exact) mass is 508 g/mol. The van der Waals surface area contributed by atoms with Crippen LogP contribution in [0.15, 0.2) is 76.9 Å². The van der Waals surface area contributed by atoms with Gasteiger partial charge in [0, 0.05) is 18.2 Å². The molecule has 0 atom stereocenters. The Morgan fingerprint density at radius 2 is 1.54 bits per heavy atom. The average molecular weight is 509 g/mol. The summed E-state index contributed by atoms with van der Waals surface area (Å²) in [4.78, 5) is 13.3. The van der Waals surface area contributed by atoms with Gasteiger partial charge in [-0.1, -0.05) is 71.2 Å². The first kappa shape index (κ1) is 19.6. The van der Waals surface area contributed by atoms with Gasteiger partial charge in [0.1, 0.15) is 0 Å². The van der Waals surface area contributed by atoms with Gasteiger partial charge in [0.25, 0.3) is 0 Å². The van der Waals surface area contributed by atoms with Crippen molar-refractivity contribution in [1.82, 2.24) is 4.90 Å². The minimum absolute atomic E-state index is 0.0898. The minimum Gasteiger partial charge on any atom is -0.423 e. The first-order valence-corrected chi connectivity index (χ1v) is 11.7. The molecule has 3 aromatic carbocycles. The number of hydrogen-bond donors (Lipinski definition) is 4. The molecule has 1 saturated heterocycles. The molecule has 4 rings (SSSR count). The van der Waals surface area contributed by atoms with Crippen molar-refractivity contribution in [2.75, 3.05) is 13.1 Å². The van der Waals surface area contributed by atoms with Crippen LogP contribution in [0.3, 0.4) is 0 Å². The van der Waals surface area contributed by atoms with Gasteiger partial charge in [-0.2, -0.15) is 0 Å².